The summed E-state index contributed by atoms with van der Waals surface area (Å²) in [5.41, 5.74) is 2.08. The van der Waals surface area contributed by atoms with E-state index < -0.39 is 12.6 Å². The maximum atomic E-state index is 12.4. The molecule has 2 aliphatic heterocycles. The average Bonchev–Trinajstić information content (AvgIpc) is 3.00. The van der Waals surface area contributed by atoms with Crippen molar-refractivity contribution in [2.24, 2.45) is 7.05 Å². The van der Waals surface area contributed by atoms with Crippen molar-refractivity contribution in [2.45, 2.75) is 37.4 Å². The predicted molar refractivity (Wildman–Crippen MR) is 72.9 cm³/mol. The highest BCUT2D eigenvalue weighted by Crippen LogP contribution is 2.39. The molecule has 21 heavy (non-hydrogen) atoms. The molecule has 0 bridgehead atoms. The lowest BCUT2D eigenvalue weighted by molar-refractivity contribution is -0.137. The van der Waals surface area contributed by atoms with Crippen LogP contribution in [0.4, 0.5) is 13.2 Å². The van der Waals surface area contributed by atoms with Gasteiger partial charge in [-0.3, -0.25) is 4.90 Å². The van der Waals surface area contributed by atoms with Gasteiger partial charge >= 0.3 is 6.18 Å². The van der Waals surface area contributed by atoms with Gasteiger partial charge in [0.2, 0.25) is 0 Å². The molecule has 1 spiro atoms. The largest absolute Gasteiger partial charge is 0.389 e. The number of rotatable bonds is 3. The van der Waals surface area contributed by atoms with Crippen LogP contribution in [0.3, 0.4) is 0 Å². The normalized spacial score (nSPS) is 26.5. The van der Waals surface area contributed by atoms with Crippen LogP contribution in [0.1, 0.15) is 30.7 Å². The molecule has 1 atom stereocenters. The van der Waals surface area contributed by atoms with Gasteiger partial charge in [-0.15, -0.1) is 0 Å². The molecule has 0 amide bonds. The van der Waals surface area contributed by atoms with E-state index in [4.69, 9.17) is 0 Å². The third kappa shape index (κ3) is 2.68. The highest BCUT2D eigenvalue weighted by atomic mass is 19.4. The summed E-state index contributed by atoms with van der Waals surface area (Å²) in [5, 5.41) is 3.36. The molecule has 1 N–H and O–H groups in total. The summed E-state index contributed by atoms with van der Waals surface area (Å²) in [7, 11) is 1.99. The van der Waals surface area contributed by atoms with Crippen molar-refractivity contribution >= 4 is 0 Å². The van der Waals surface area contributed by atoms with Gasteiger partial charge in [-0.2, -0.15) is 13.2 Å². The van der Waals surface area contributed by atoms with Crippen LogP contribution in [0.25, 0.3) is 0 Å². The zero-order chi connectivity index (χ0) is 15.1. The van der Waals surface area contributed by atoms with Gasteiger partial charge < -0.3 is 9.88 Å². The molecule has 1 aromatic heterocycles. The minimum Gasteiger partial charge on any atom is -0.337 e. The number of nitrogens with one attached hydrogen (secondary N) is 1. The van der Waals surface area contributed by atoms with Crippen molar-refractivity contribution in [1.29, 1.82) is 0 Å². The van der Waals surface area contributed by atoms with Crippen molar-refractivity contribution in [3.05, 3.63) is 17.7 Å². The van der Waals surface area contributed by atoms with Crippen molar-refractivity contribution in [2.75, 3.05) is 26.2 Å². The highest BCUT2D eigenvalue weighted by Gasteiger charge is 2.47. The zero-order valence-electron chi connectivity index (χ0n) is 12.2. The minimum absolute atomic E-state index is 0.160. The maximum Gasteiger partial charge on any atom is 0.389 e. The first-order chi connectivity index (χ1) is 9.92. The Labute approximate surface area is 122 Å². The molecule has 1 saturated heterocycles. The second-order valence-electron chi connectivity index (χ2n) is 6.06. The second kappa shape index (κ2) is 5.28. The number of hydrogen-bond acceptors (Lipinski definition) is 3. The summed E-state index contributed by atoms with van der Waals surface area (Å²) in [6, 6.07) is 0. The molecule has 4 nitrogen and oxygen atoms in total. The number of fused-ring (bicyclic) bond motifs is 2. The van der Waals surface area contributed by atoms with Gasteiger partial charge in [-0.05, 0) is 25.9 Å². The fourth-order valence-corrected chi connectivity index (χ4v) is 3.69. The number of aromatic nitrogens is 2. The van der Waals surface area contributed by atoms with E-state index in [1.165, 1.54) is 5.69 Å². The zero-order valence-corrected chi connectivity index (χ0v) is 12.2. The molecule has 3 heterocycles. The number of alkyl halides is 3. The van der Waals surface area contributed by atoms with Crippen LogP contribution < -0.4 is 5.32 Å². The lowest BCUT2D eigenvalue weighted by Gasteiger charge is -2.44. The Morgan fingerprint density at radius 1 is 1.43 bits per heavy atom. The second-order valence-corrected chi connectivity index (χ2v) is 6.06. The molecule has 0 radical (unpaired) electrons. The first-order valence-corrected chi connectivity index (χ1v) is 7.46. The number of halogens is 3. The van der Waals surface area contributed by atoms with Crippen LogP contribution in [-0.4, -0.2) is 46.8 Å². The van der Waals surface area contributed by atoms with E-state index in [0.29, 0.717) is 6.54 Å². The van der Waals surface area contributed by atoms with Crippen LogP contribution in [0.15, 0.2) is 6.33 Å². The number of hydrogen-bond donors (Lipinski definition) is 1. The van der Waals surface area contributed by atoms with Crippen molar-refractivity contribution in [3.63, 3.8) is 0 Å². The van der Waals surface area contributed by atoms with Crippen LogP contribution in [-0.2, 0) is 19.0 Å². The Morgan fingerprint density at radius 2 is 2.24 bits per heavy atom. The first kappa shape index (κ1) is 14.8. The molecule has 3 rings (SSSR count). The molecular formula is C14H21F3N4. The molecule has 1 unspecified atom stereocenters. The SMILES string of the molecule is Cn1cnc2c1CCN(CCCC(F)(F)F)C21CCNC1. The van der Waals surface area contributed by atoms with Gasteiger partial charge in [0.1, 0.15) is 0 Å². The summed E-state index contributed by atoms with van der Waals surface area (Å²) in [6.07, 6.45) is -1.00. The van der Waals surface area contributed by atoms with Crippen LogP contribution >= 0.6 is 0 Å². The molecule has 0 aromatic carbocycles. The first-order valence-electron chi connectivity index (χ1n) is 7.46. The summed E-state index contributed by atoms with van der Waals surface area (Å²) in [5.74, 6) is 0. The third-order valence-corrected chi connectivity index (χ3v) is 4.74. The molecular weight excluding hydrogens is 281 g/mol. The molecule has 0 saturated carbocycles. The maximum absolute atomic E-state index is 12.4. The smallest absolute Gasteiger partial charge is 0.337 e. The van der Waals surface area contributed by atoms with E-state index in [1.807, 2.05) is 17.9 Å². The van der Waals surface area contributed by atoms with Gasteiger partial charge in [-0.25, -0.2) is 4.98 Å². The van der Waals surface area contributed by atoms with Gasteiger partial charge in [0, 0.05) is 38.7 Å². The lowest BCUT2D eigenvalue weighted by atomic mass is 9.85. The lowest BCUT2D eigenvalue weighted by Crippen LogP contribution is -2.52. The standard InChI is InChI=1S/C14H21F3N4/c1-20-10-19-12-11(20)3-8-21(7-2-4-14(15,16)17)13(12)5-6-18-9-13/h10,18H,2-9H2,1H3. The van der Waals surface area contributed by atoms with Gasteiger partial charge in [-0.1, -0.05) is 0 Å². The molecule has 2 aliphatic rings. The predicted octanol–water partition coefficient (Wildman–Crippen LogP) is 1.81. The molecule has 118 valence electrons. The topological polar surface area (TPSA) is 33.1 Å². The van der Waals surface area contributed by atoms with Crippen molar-refractivity contribution < 1.29 is 13.2 Å². The number of imidazole rings is 1. The fourth-order valence-electron chi connectivity index (χ4n) is 3.69. The number of nitrogens with zero attached hydrogens (tertiary/aromatic N) is 3. The third-order valence-electron chi connectivity index (χ3n) is 4.74. The molecule has 1 fully saturated rings. The van der Waals surface area contributed by atoms with E-state index in [0.717, 1.165) is 38.2 Å². The molecule has 7 heteroatoms. The van der Waals surface area contributed by atoms with Gasteiger partial charge in [0.05, 0.1) is 17.6 Å². The summed E-state index contributed by atoms with van der Waals surface area (Å²) in [4.78, 5) is 6.77. The Bertz CT molecular complexity index is 503. The Balaban J connectivity index is 1.78. The van der Waals surface area contributed by atoms with Crippen molar-refractivity contribution in [3.8, 4) is 0 Å². The fraction of sp³-hybridized carbons (Fsp3) is 0.786. The Kier molecular flexibility index (Phi) is 3.73. The van der Waals surface area contributed by atoms with E-state index in [-0.39, 0.29) is 12.0 Å². The quantitative estimate of drug-likeness (QED) is 0.924. The Hall–Kier alpha value is -1.08. The summed E-state index contributed by atoms with van der Waals surface area (Å²) < 4.78 is 39.2. The van der Waals surface area contributed by atoms with Gasteiger partial charge in [0.25, 0.3) is 0 Å². The van der Waals surface area contributed by atoms with E-state index >= 15 is 0 Å². The van der Waals surface area contributed by atoms with E-state index in [1.54, 1.807) is 0 Å². The molecule has 1 aromatic rings. The Morgan fingerprint density at radius 3 is 2.90 bits per heavy atom. The van der Waals surface area contributed by atoms with E-state index in [9.17, 15) is 13.2 Å². The van der Waals surface area contributed by atoms with Crippen LogP contribution in [0, 0.1) is 0 Å². The summed E-state index contributed by atoms with van der Waals surface area (Å²) >= 11 is 0. The number of aryl methyl sites for hydroxylation is 1. The monoisotopic (exact) mass is 302 g/mol. The summed E-state index contributed by atoms with van der Waals surface area (Å²) in [6.45, 7) is 2.97. The molecule has 0 aliphatic carbocycles. The van der Waals surface area contributed by atoms with Crippen molar-refractivity contribution in [1.82, 2.24) is 19.8 Å². The van der Waals surface area contributed by atoms with Crippen LogP contribution in [0.5, 0.6) is 0 Å². The highest BCUT2D eigenvalue weighted by molar-refractivity contribution is 5.29. The van der Waals surface area contributed by atoms with Crippen LogP contribution in [0.2, 0.25) is 0 Å². The minimum atomic E-state index is -4.06. The average molecular weight is 302 g/mol. The van der Waals surface area contributed by atoms with E-state index in [2.05, 4.69) is 15.2 Å². The van der Waals surface area contributed by atoms with Gasteiger partial charge in [0.15, 0.2) is 0 Å².